The predicted octanol–water partition coefficient (Wildman–Crippen LogP) is 1.16. The molecule has 0 aliphatic carbocycles. The van der Waals surface area contributed by atoms with Crippen LogP contribution in [0.4, 0.5) is 11.5 Å². The van der Waals surface area contributed by atoms with E-state index in [1.165, 1.54) is 16.9 Å². The third-order valence-corrected chi connectivity index (χ3v) is 4.41. The molecule has 3 N–H and O–H groups in total. The smallest absolute Gasteiger partial charge is 0.267 e. The Balaban J connectivity index is 2.47. The minimum Gasteiger partial charge on any atom is -0.381 e. The van der Waals surface area contributed by atoms with E-state index >= 15 is 0 Å². The number of halogens is 1. The second-order valence-corrected chi connectivity index (χ2v) is 5.85. The second-order valence-electron chi connectivity index (χ2n) is 3.87. The Bertz CT molecular complexity index is 726. The number of aromatic nitrogens is 3. The molecule has 2 aromatic heterocycles. The van der Waals surface area contributed by atoms with Crippen LogP contribution in [-0.4, -0.2) is 23.2 Å². The first kappa shape index (κ1) is 13.6. The molecule has 102 valence electrons. The highest BCUT2D eigenvalue weighted by atomic mass is 35.5. The lowest BCUT2D eigenvalue weighted by Crippen LogP contribution is -2.15. The number of hydrogen-bond donors (Lipinski definition) is 2. The fourth-order valence-electron chi connectivity index (χ4n) is 1.60. The number of pyridine rings is 1. The summed E-state index contributed by atoms with van der Waals surface area (Å²) in [7, 11) is -2.25. The zero-order chi connectivity index (χ0) is 14.2. The fourth-order valence-corrected chi connectivity index (χ4v) is 3.22. The maximum atomic E-state index is 12.3. The molecule has 7 nitrogen and oxygen atoms in total. The number of sulfonamides is 1. The van der Waals surface area contributed by atoms with Crippen molar-refractivity contribution in [2.45, 2.75) is 11.8 Å². The van der Waals surface area contributed by atoms with Gasteiger partial charge in [-0.05, 0) is 19.1 Å². The van der Waals surface area contributed by atoms with Gasteiger partial charge in [-0.1, -0.05) is 11.6 Å². The largest absolute Gasteiger partial charge is 0.381 e. The lowest BCUT2D eigenvalue weighted by Gasteiger charge is -2.08. The normalized spacial score (nSPS) is 11.5. The lowest BCUT2D eigenvalue weighted by atomic mass is 10.4. The van der Waals surface area contributed by atoms with E-state index in [0.29, 0.717) is 5.69 Å². The molecule has 0 atom stereocenters. The van der Waals surface area contributed by atoms with Crippen molar-refractivity contribution in [2.75, 3.05) is 10.5 Å². The van der Waals surface area contributed by atoms with Gasteiger partial charge in [0.15, 0.2) is 15.9 Å². The first-order chi connectivity index (χ1) is 8.83. The maximum Gasteiger partial charge on any atom is 0.267 e. The van der Waals surface area contributed by atoms with E-state index in [1.807, 2.05) is 0 Å². The van der Waals surface area contributed by atoms with E-state index in [2.05, 4.69) is 14.8 Å². The van der Waals surface area contributed by atoms with Gasteiger partial charge in [-0.15, -0.1) is 0 Å². The zero-order valence-electron chi connectivity index (χ0n) is 10.3. The van der Waals surface area contributed by atoms with Gasteiger partial charge in [-0.2, -0.15) is 5.10 Å². The molecule has 0 amide bonds. The maximum absolute atomic E-state index is 12.3. The van der Waals surface area contributed by atoms with Crippen molar-refractivity contribution in [2.24, 2.45) is 7.05 Å². The zero-order valence-corrected chi connectivity index (χ0v) is 11.8. The van der Waals surface area contributed by atoms with E-state index in [4.69, 9.17) is 17.3 Å². The second kappa shape index (κ2) is 4.71. The summed E-state index contributed by atoms with van der Waals surface area (Å²) in [5, 5.41) is 3.93. The van der Waals surface area contributed by atoms with E-state index in [0.717, 1.165) is 0 Å². The van der Waals surface area contributed by atoms with E-state index in [9.17, 15) is 8.42 Å². The Morgan fingerprint density at radius 1 is 1.47 bits per heavy atom. The predicted molar refractivity (Wildman–Crippen MR) is 72.4 cm³/mol. The van der Waals surface area contributed by atoms with Crippen LogP contribution in [-0.2, 0) is 17.1 Å². The number of nitrogens with zero attached hydrogens (tertiary/aromatic N) is 3. The molecule has 9 heteroatoms. The highest BCUT2D eigenvalue weighted by Crippen LogP contribution is 2.26. The van der Waals surface area contributed by atoms with Gasteiger partial charge in [0.1, 0.15) is 0 Å². The number of aryl methyl sites for hydroxylation is 1. The van der Waals surface area contributed by atoms with Crippen molar-refractivity contribution >= 4 is 33.1 Å². The van der Waals surface area contributed by atoms with Crippen LogP contribution in [0.5, 0.6) is 0 Å². The van der Waals surface area contributed by atoms with Crippen LogP contribution in [0, 0.1) is 6.92 Å². The van der Waals surface area contributed by atoms with Crippen LogP contribution in [0.2, 0.25) is 5.15 Å². The number of rotatable bonds is 3. The van der Waals surface area contributed by atoms with Gasteiger partial charge in [-0.25, -0.2) is 13.4 Å². The summed E-state index contributed by atoms with van der Waals surface area (Å²) < 4.78 is 28.3. The molecule has 0 aliphatic rings. The first-order valence-electron chi connectivity index (χ1n) is 5.25. The number of hydrogen-bond acceptors (Lipinski definition) is 5. The molecule has 0 fully saturated rings. The molecule has 0 bridgehead atoms. The average molecular weight is 302 g/mol. The molecule has 2 rings (SSSR count). The minimum atomic E-state index is -3.86. The molecule has 0 saturated heterocycles. The summed E-state index contributed by atoms with van der Waals surface area (Å²) >= 11 is 5.81. The van der Waals surface area contributed by atoms with Crippen molar-refractivity contribution in [3.05, 3.63) is 29.2 Å². The quantitative estimate of drug-likeness (QED) is 0.828. The molecule has 2 aromatic rings. The van der Waals surface area contributed by atoms with Crippen LogP contribution in [0.25, 0.3) is 0 Å². The number of nitrogens with two attached hydrogens (primary N) is 1. The van der Waals surface area contributed by atoms with Gasteiger partial charge in [0.25, 0.3) is 10.0 Å². The van der Waals surface area contributed by atoms with Gasteiger partial charge in [0, 0.05) is 13.2 Å². The third-order valence-electron chi connectivity index (χ3n) is 2.58. The number of nitrogens with one attached hydrogen (secondary N) is 1. The van der Waals surface area contributed by atoms with Crippen LogP contribution in [0.3, 0.4) is 0 Å². The Kier molecular flexibility index (Phi) is 3.38. The van der Waals surface area contributed by atoms with Gasteiger partial charge in [0.2, 0.25) is 0 Å². The SMILES string of the molecule is Cc1c(S(=O)(=O)Nc2cccnc2Cl)c(N)nn1C. The molecule has 0 spiro atoms. The summed E-state index contributed by atoms with van der Waals surface area (Å²) in [5.41, 5.74) is 6.24. The Morgan fingerprint density at radius 3 is 2.68 bits per heavy atom. The summed E-state index contributed by atoms with van der Waals surface area (Å²) in [6.07, 6.45) is 1.46. The Morgan fingerprint density at radius 2 is 2.16 bits per heavy atom. The molecule has 0 aliphatic heterocycles. The van der Waals surface area contributed by atoms with E-state index in [-0.39, 0.29) is 21.6 Å². The summed E-state index contributed by atoms with van der Waals surface area (Å²) in [6.45, 7) is 1.61. The van der Waals surface area contributed by atoms with Gasteiger partial charge >= 0.3 is 0 Å². The van der Waals surface area contributed by atoms with Gasteiger partial charge < -0.3 is 5.73 Å². The highest BCUT2D eigenvalue weighted by Gasteiger charge is 2.25. The number of anilines is 2. The molecule has 0 unspecified atom stereocenters. The molecular weight excluding hydrogens is 290 g/mol. The lowest BCUT2D eigenvalue weighted by molar-refractivity contribution is 0.600. The Labute approximate surface area is 115 Å². The number of nitrogen functional groups attached to an aromatic ring is 1. The van der Waals surface area contributed by atoms with Gasteiger partial charge in [-0.3, -0.25) is 9.40 Å². The van der Waals surface area contributed by atoms with Crippen molar-refractivity contribution in [1.82, 2.24) is 14.8 Å². The van der Waals surface area contributed by atoms with Crippen molar-refractivity contribution in [1.29, 1.82) is 0 Å². The standard InChI is InChI=1S/C10H12ClN5O2S/c1-6-8(10(12)14-16(6)2)19(17,18)15-7-4-3-5-13-9(7)11/h3-5,15H,1-2H3,(H2,12,14). The summed E-state index contributed by atoms with van der Waals surface area (Å²) in [4.78, 5) is 3.73. The minimum absolute atomic E-state index is 0.0603. The van der Waals surface area contributed by atoms with Crippen LogP contribution < -0.4 is 10.5 Å². The monoisotopic (exact) mass is 301 g/mol. The van der Waals surface area contributed by atoms with Crippen molar-refractivity contribution in [3.8, 4) is 0 Å². The third kappa shape index (κ3) is 2.49. The van der Waals surface area contributed by atoms with Crippen LogP contribution in [0.1, 0.15) is 5.69 Å². The molecular formula is C10H12ClN5O2S. The van der Waals surface area contributed by atoms with Crippen molar-refractivity contribution in [3.63, 3.8) is 0 Å². The summed E-state index contributed by atoms with van der Waals surface area (Å²) in [6, 6.07) is 3.08. The van der Waals surface area contributed by atoms with Crippen LogP contribution >= 0.6 is 11.6 Å². The molecule has 0 saturated carbocycles. The highest BCUT2D eigenvalue weighted by molar-refractivity contribution is 7.93. The Hall–Kier alpha value is -1.80. The van der Waals surface area contributed by atoms with E-state index < -0.39 is 10.0 Å². The first-order valence-corrected chi connectivity index (χ1v) is 7.11. The van der Waals surface area contributed by atoms with Gasteiger partial charge in [0.05, 0.1) is 11.4 Å². The molecule has 0 aromatic carbocycles. The fraction of sp³-hybridized carbons (Fsp3) is 0.200. The van der Waals surface area contributed by atoms with Crippen molar-refractivity contribution < 1.29 is 8.42 Å². The van der Waals surface area contributed by atoms with Crippen LogP contribution in [0.15, 0.2) is 23.2 Å². The molecule has 0 radical (unpaired) electrons. The summed E-state index contributed by atoms with van der Waals surface area (Å²) in [5.74, 6) is -0.0625. The molecule has 19 heavy (non-hydrogen) atoms. The van der Waals surface area contributed by atoms with E-state index in [1.54, 1.807) is 20.0 Å². The average Bonchev–Trinajstić information content (AvgIpc) is 2.56. The topological polar surface area (TPSA) is 103 Å². The molecule has 2 heterocycles.